The molecule has 4 fully saturated rings. The van der Waals surface area contributed by atoms with Crippen LogP contribution in [0.1, 0.15) is 51.0 Å². The summed E-state index contributed by atoms with van der Waals surface area (Å²) in [4.78, 5) is 0. The van der Waals surface area contributed by atoms with Gasteiger partial charge in [0, 0.05) is 11.7 Å². The van der Waals surface area contributed by atoms with E-state index in [1.165, 1.54) is 38.5 Å². The van der Waals surface area contributed by atoms with Crippen molar-refractivity contribution in [2.75, 3.05) is 5.32 Å². The fourth-order valence-electron chi connectivity index (χ4n) is 5.79. The number of benzene rings is 1. The minimum atomic E-state index is -0.0993. The lowest BCUT2D eigenvalue weighted by molar-refractivity contribution is -0.0602. The third-order valence-corrected chi connectivity index (χ3v) is 6.56. The second kappa shape index (κ2) is 4.72. The standard InChI is InChI=1S/C19H26FN/c1-12-3-4-17(8-18(12)20)21-13(2)19-9-14-5-15(10-19)7-16(6-14)11-19/h3-4,8,13-16,21H,5-7,9-11H2,1-2H3. The molecule has 0 saturated heterocycles. The maximum atomic E-state index is 13.8. The zero-order valence-electron chi connectivity index (χ0n) is 13.2. The summed E-state index contributed by atoms with van der Waals surface area (Å²) in [6.45, 7) is 4.15. The predicted molar refractivity (Wildman–Crippen MR) is 84.8 cm³/mol. The smallest absolute Gasteiger partial charge is 0.128 e. The van der Waals surface area contributed by atoms with E-state index in [0.717, 1.165) is 29.0 Å². The molecule has 4 bridgehead atoms. The summed E-state index contributed by atoms with van der Waals surface area (Å²) in [5.41, 5.74) is 2.14. The summed E-state index contributed by atoms with van der Waals surface area (Å²) in [6, 6.07) is 6.01. The van der Waals surface area contributed by atoms with E-state index in [1.54, 1.807) is 6.07 Å². The summed E-state index contributed by atoms with van der Waals surface area (Å²) in [5, 5.41) is 3.63. The van der Waals surface area contributed by atoms with Crippen LogP contribution < -0.4 is 5.32 Å². The normalized spacial score (nSPS) is 38.5. The van der Waals surface area contributed by atoms with Crippen molar-refractivity contribution in [3.63, 3.8) is 0 Å². The van der Waals surface area contributed by atoms with Gasteiger partial charge >= 0.3 is 0 Å². The van der Waals surface area contributed by atoms with Gasteiger partial charge in [-0.1, -0.05) is 6.07 Å². The molecule has 0 amide bonds. The fraction of sp³-hybridized carbons (Fsp3) is 0.684. The van der Waals surface area contributed by atoms with Crippen LogP contribution >= 0.6 is 0 Å². The van der Waals surface area contributed by atoms with Crippen LogP contribution in [0.5, 0.6) is 0 Å². The predicted octanol–water partition coefficient (Wildman–Crippen LogP) is 5.15. The number of halogens is 1. The SMILES string of the molecule is Cc1ccc(NC(C)C23CC4CC(CC(C4)C2)C3)cc1F. The molecule has 1 atom stereocenters. The Morgan fingerprint density at radius 2 is 1.67 bits per heavy atom. The molecular formula is C19H26FN. The van der Waals surface area contributed by atoms with Crippen LogP contribution in [0.25, 0.3) is 0 Å². The van der Waals surface area contributed by atoms with E-state index in [-0.39, 0.29) is 5.82 Å². The molecule has 0 radical (unpaired) electrons. The highest BCUT2D eigenvalue weighted by molar-refractivity contribution is 5.46. The molecule has 0 aromatic heterocycles. The van der Waals surface area contributed by atoms with E-state index in [1.807, 2.05) is 19.1 Å². The lowest BCUT2D eigenvalue weighted by Crippen LogP contribution is -2.52. The zero-order chi connectivity index (χ0) is 14.6. The molecule has 1 aromatic carbocycles. The first-order chi connectivity index (χ1) is 10.0. The maximum absolute atomic E-state index is 13.8. The van der Waals surface area contributed by atoms with E-state index in [9.17, 15) is 4.39 Å². The summed E-state index contributed by atoms with van der Waals surface area (Å²) >= 11 is 0. The Morgan fingerprint density at radius 3 is 2.19 bits per heavy atom. The van der Waals surface area contributed by atoms with Crippen molar-refractivity contribution in [3.05, 3.63) is 29.6 Å². The number of aryl methyl sites for hydroxylation is 1. The molecule has 0 aliphatic heterocycles. The third kappa shape index (κ3) is 2.27. The molecule has 4 aliphatic carbocycles. The van der Waals surface area contributed by atoms with Crippen LogP contribution in [-0.2, 0) is 0 Å². The van der Waals surface area contributed by atoms with Gasteiger partial charge in [0.2, 0.25) is 0 Å². The summed E-state index contributed by atoms with van der Waals surface area (Å²) < 4.78 is 13.8. The Bertz CT molecular complexity index is 515. The molecule has 1 unspecified atom stereocenters. The first-order valence-electron chi connectivity index (χ1n) is 8.57. The number of hydrogen-bond acceptors (Lipinski definition) is 1. The highest BCUT2D eigenvalue weighted by Crippen LogP contribution is 2.61. The Hall–Kier alpha value is -1.05. The monoisotopic (exact) mass is 287 g/mol. The van der Waals surface area contributed by atoms with Gasteiger partial charge in [-0.05, 0) is 93.2 Å². The van der Waals surface area contributed by atoms with Crippen molar-refractivity contribution in [1.29, 1.82) is 0 Å². The summed E-state index contributed by atoms with van der Waals surface area (Å²) in [6.07, 6.45) is 8.60. The Labute approximate surface area is 127 Å². The second-order valence-electron chi connectivity index (χ2n) is 8.11. The van der Waals surface area contributed by atoms with Gasteiger partial charge in [-0.2, -0.15) is 0 Å². The lowest BCUT2D eigenvalue weighted by Gasteiger charge is -2.59. The Balaban J connectivity index is 1.54. The first kappa shape index (κ1) is 13.6. The largest absolute Gasteiger partial charge is 0.382 e. The van der Waals surface area contributed by atoms with Crippen LogP contribution in [0, 0.1) is 35.9 Å². The molecule has 4 saturated carbocycles. The van der Waals surface area contributed by atoms with Crippen LogP contribution in [0.4, 0.5) is 10.1 Å². The molecule has 21 heavy (non-hydrogen) atoms. The molecule has 4 aliphatic rings. The highest BCUT2D eigenvalue weighted by Gasteiger charge is 2.53. The van der Waals surface area contributed by atoms with Gasteiger partial charge < -0.3 is 5.32 Å². The second-order valence-corrected chi connectivity index (χ2v) is 8.11. The average Bonchev–Trinajstić information content (AvgIpc) is 2.41. The molecule has 1 aromatic rings. The average molecular weight is 287 g/mol. The van der Waals surface area contributed by atoms with Crippen molar-refractivity contribution >= 4 is 5.69 Å². The van der Waals surface area contributed by atoms with Gasteiger partial charge in [0.1, 0.15) is 5.82 Å². The van der Waals surface area contributed by atoms with E-state index in [2.05, 4.69) is 12.2 Å². The van der Waals surface area contributed by atoms with E-state index >= 15 is 0 Å². The van der Waals surface area contributed by atoms with Crippen LogP contribution in [0.15, 0.2) is 18.2 Å². The lowest BCUT2D eigenvalue weighted by atomic mass is 9.48. The number of anilines is 1. The molecule has 1 N–H and O–H groups in total. The Morgan fingerprint density at radius 1 is 1.10 bits per heavy atom. The number of nitrogens with one attached hydrogen (secondary N) is 1. The van der Waals surface area contributed by atoms with E-state index < -0.39 is 0 Å². The first-order valence-corrected chi connectivity index (χ1v) is 8.57. The third-order valence-electron chi connectivity index (χ3n) is 6.56. The highest BCUT2D eigenvalue weighted by atomic mass is 19.1. The van der Waals surface area contributed by atoms with Gasteiger partial charge in [0.25, 0.3) is 0 Å². The molecule has 2 heteroatoms. The minimum absolute atomic E-state index is 0.0993. The molecule has 0 spiro atoms. The molecular weight excluding hydrogens is 261 g/mol. The van der Waals surface area contributed by atoms with Crippen LogP contribution in [0.3, 0.4) is 0 Å². The summed E-state index contributed by atoms with van der Waals surface area (Å²) in [5.74, 6) is 2.80. The maximum Gasteiger partial charge on any atom is 0.128 e. The van der Waals surface area contributed by atoms with Crippen molar-refractivity contribution in [2.45, 2.75) is 58.4 Å². The quantitative estimate of drug-likeness (QED) is 0.810. The topological polar surface area (TPSA) is 12.0 Å². The zero-order valence-corrected chi connectivity index (χ0v) is 13.2. The minimum Gasteiger partial charge on any atom is -0.382 e. The van der Waals surface area contributed by atoms with Crippen molar-refractivity contribution < 1.29 is 4.39 Å². The van der Waals surface area contributed by atoms with Crippen molar-refractivity contribution in [3.8, 4) is 0 Å². The molecule has 0 heterocycles. The van der Waals surface area contributed by atoms with E-state index in [4.69, 9.17) is 0 Å². The van der Waals surface area contributed by atoms with Gasteiger partial charge in [-0.15, -0.1) is 0 Å². The van der Waals surface area contributed by atoms with Gasteiger partial charge in [0.05, 0.1) is 0 Å². The molecule has 114 valence electrons. The van der Waals surface area contributed by atoms with Gasteiger partial charge in [-0.25, -0.2) is 4.39 Å². The van der Waals surface area contributed by atoms with Crippen molar-refractivity contribution in [1.82, 2.24) is 0 Å². The van der Waals surface area contributed by atoms with Gasteiger partial charge in [0.15, 0.2) is 0 Å². The van der Waals surface area contributed by atoms with E-state index in [0.29, 0.717) is 11.5 Å². The molecule has 1 nitrogen and oxygen atoms in total. The number of rotatable bonds is 3. The fourth-order valence-corrected chi connectivity index (χ4v) is 5.79. The molecule has 5 rings (SSSR count). The number of hydrogen-bond donors (Lipinski definition) is 1. The van der Waals surface area contributed by atoms with Crippen molar-refractivity contribution in [2.24, 2.45) is 23.2 Å². The van der Waals surface area contributed by atoms with Crippen LogP contribution in [-0.4, -0.2) is 6.04 Å². The summed E-state index contributed by atoms with van der Waals surface area (Å²) in [7, 11) is 0. The Kier molecular flexibility index (Phi) is 3.06. The van der Waals surface area contributed by atoms with Gasteiger partial charge in [-0.3, -0.25) is 0 Å². The van der Waals surface area contributed by atoms with Crippen LogP contribution in [0.2, 0.25) is 0 Å².